The predicted molar refractivity (Wildman–Crippen MR) is 180 cm³/mol. The molecule has 0 bridgehead atoms. The monoisotopic (exact) mass is 694 g/mol. The molecule has 0 saturated carbocycles. The third kappa shape index (κ3) is 10.9. The number of carbonyl (C=O) groups is 4. The number of ether oxygens (including phenoxy) is 4. The summed E-state index contributed by atoms with van der Waals surface area (Å²) in [5, 5.41) is 3.39. The largest absolute Gasteiger partial charge is 0.445 e. The summed E-state index contributed by atoms with van der Waals surface area (Å²) in [6.45, 7) is 2.64. The highest BCUT2D eigenvalue weighted by molar-refractivity contribution is 7.98. The summed E-state index contributed by atoms with van der Waals surface area (Å²) in [4.78, 5) is 62.4. The van der Waals surface area contributed by atoms with Crippen molar-refractivity contribution in [2.75, 3.05) is 59.9 Å². The Morgan fingerprint density at radius 3 is 1.84 bits per heavy atom. The summed E-state index contributed by atoms with van der Waals surface area (Å²) in [6, 6.07) is 17.5. The molecule has 0 radical (unpaired) electrons. The molecule has 0 spiro atoms. The van der Waals surface area contributed by atoms with Gasteiger partial charge in [0.05, 0.1) is 13.2 Å². The Bertz CT molecular complexity index is 1500. The van der Waals surface area contributed by atoms with E-state index >= 15 is 0 Å². The molecule has 15 heteroatoms. The number of hydrogen-bond donors (Lipinski definition) is 1. The lowest BCUT2D eigenvalue weighted by Crippen LogP contribution is -2.60. The number of thioether (sulfide) groups is 1. The zero-order valence-corrected chi connectivity index (χ0v) is 28.7. The van der Waals surface area contributed by atoms with Gasteiger partial charge in [0, 0.05) is 64.9 Å². The maximum atomic E-state index is 13.0. The molecule has 2 atom stereocenters. The zero-order valence-electron chi connectivity index (χ0n) is 27.9. The van der Waals surface area contributed by atoms with Crippen LogP contribution < -0.4 is 5.32 Å². The van der Waals surface area contributed by atoms with Crippen LogP contribution in [0.5, 0.6) is 0 Å². The number of hydrogen-bond acceptors (Lipinski definition) is 11. The van der Waals surface area contributed by atoms with Gasteiger partial charge in [0.15, 0.2) is 5.16 Å². The van der Waals surface area contributed by atoms with Crippen LogP contribution >= 0.6 is 11.8 Å². The second-order valence-corrected chi connectivity index (χ2v) is 11.8. The molecule has 2 aliphatic rings. The van der Waals surface area contributed by atoms with Crippen molar-refractivity contribution in [3.05, 3.63) is 89.7 Å². The van der Waals surface area contributed by atoms with Crippen LogP contribution in [0.1, 0.15) is 16.7 Å². The van der Waals surface area contributed by atoms with Gasteiger partial charge < -0.3 is 29.2 Å². The Morgan fingerprint density at radius 2 is 1.31 bits per heavy atom. The third-order valence-corrected chi connectivity index (χ3v) is 8.26. The summed E-state index contributed by atoms with van der Waals surface area (Å²) < 4.78 is 20.8. The highest BCUT2D eigenvalue weighted by Gasteiger charge is 2.38. The molecule has 14 nitrogen and oxygen atoms in total. The maximum Gasteiger partial charge on any atom is 0.410 e. The fraction of sp³-hybridized carbons (Fsp3) is 0.412. The molecule has 3 heterocycles. The third-order valence-electron chi connectivity index (χ3n) is 7.68. The van der Waals surface area contributed by atoms with E-state index in [1.165, 1.54) is 35.8 Å². The van der Waals surface area contributed by atoms with E-state index in [2.05, 4.69) is 15.3 Å². The number of benzene rings is 2. The molecule has 49 heavy (non-hydrogen) atoms. The Labute approximate surface area is 290 Å². The van der Waals surface area contributed by atoms with Gasteiger partial charge in [0.2, 0.25) is 11.8 Å². The summed E-state index contributed by atoms with van der Waals surface area (Å²) in [7, 11) is 3.00. The van der Waals surface area contributed by atoms with E-state index in [1.54, 1.807) is 17.3 Å². The van der Waals surface area contributed by atoms with Crippen molar-refractivity contribution in [3.8, 4) is 0 Å². The van der Waals surface area contributed by atoms with Gasteiger partial charge in [-0.05, 0) is 17.4 Å². The van der Waals surface area contributed by atoms with Gasteiger partial charge in [0.1, 0.15) is 25.3 Å². The molecular weight excluding hydrogens is 652 g/mol. The minimum atomic E-state index is -0.719. The first-order valence-corrected chi connectivity index (χ1v) is 16.9. The Morgan fingerprint density at radius 1 is 0.776 bits per heavy atom. The first-order chi connectivity index (χ1) is 23.8. The standard InChI is InChI=1S/C20H24N4O4S.C14H18N2O4/c1-27-14-17-18(25)23(12-16-10-21-19(29-2)22-11-16)8-9-24(17)20(26)28-13-15-6-4-3-5-7-15;1-19-10-12-13(17)15-7-8-16(12)14(18)20-9-11-5-3-2-4-6-11/h3-7,10-11,17H,8-9,12-14H2,1-2H3;2-6,12H,7-10H2,1H3,(H,15,17)/t17-;12-/m00/s1. The molecule has 0 unspecified atom stereocenters. The molecule has 2 aliphatic heterocycles. The van der Waals surface area contributed by atoms with Crippen LogP contribution in [0.3, 0.4) is 0 Å². The van der Waals surface area contributed by atoms with Crippen molar-refractivity contribution in [1.29, 1.82) is 0 Å². The molecule has 3 aromatic rings. The molecule has 1 N–H and O–H groups in total. The van der Waals surface area contributed by atoms with Gasteiger partial charge in [-0.15, -0.1) is 0 Å². The maximum absolute atomic E-state index is 13.0. The van der Waals surface area contributed by atoms with Gasteiger partial charge in [-0.2, -0.15) is 0 Å². The van der Waals surface area contributed by atoms with Gasteiger partial charge in [-0.25, -0.2) is 19.6 Å². The van der Waals surface area contributed by atoms with Crippen LogP contribution in [0.15, 0.2) is 78.2 Å². The number of piperazine rings is 2. The normalized spacial score (nSPS) is 17.5. The van der Waals surface area contributed by atoms with Crippen LogP contribution in [-0.2, 0) is 48.3 Å². The van der Waals surface area contributed by atoms with Crippen molar-refractivity contribution in [1.82, 2.24) is 30.0 Å². The first kappa shape index (κ1) is 37.1. The molecule has 4 amide bonds. The highest BCUT2D eigenvalue weighted by atomic mass is 32.2. The van der Waals surface area contributed by atoms with Crippen LogP contribution in [-0.4, -0.2) is 121 Å². The molecule has 2 aromatic carbocycles. The Hall–Kier alpha value is -4.73. The van der Waals surface area contributed by atoms with Crippen molar-refractivity contribution in [3.63, 3.8) is 0 Å². The number of amides is 4. The second kappa shape index (κ2) is 19.3. The van der Waals surface area contributed by atoms with Gasteiger partial charge in [-0.1, -0.05) is 72.4 Å². The van der Waals surface area contributed by atoms with Gasteiger partial charge in [0.25, 0.3) is 0 Å². The van der Waals surface area contributed by atoms with E-state index in [9.17, 15) is 19.2 Å². The van der Waals surface area contributed by atoms with Crippen LogP contribution in [0.2, 0.25) is 0 Å². The lowest BCUT2D eigenvalue weighted by atomic mass is 10.1. The van der Waals surface area contributed by atoms with Crippen molar-refractivity contribution in [2.24, 2.45) is 0 Å². The van der Waals surface area contributed by atoms with E-state index in [-0.39, 0.29) is 38.2 Å². The van der Waals surface area contributed by atoms with E-state index in [4.69, 9.17) is 18.9 Å². The first-order valence-electron chi connectivity index (χ1n) is 15.7. The number of rotatable bonds is 11. The van der Waals surface area contributed by atoms with Crippen molar-refractivity contribution < 1.29 is 38.1 Å². The molecule has 0 aliphatic carbocycles. The second-order valence-electron chi connectivity index (χ2n) is 11.0. The molecule has 2 saturated heterocycles. The topological polar surface area (TPSA) is 153 Å². The predicted octanol–water partition coefficient (Wildman–Crippen LogP) is 2.96. The highest BCUT2D eigenvalue weighted by Crippen LogP contribution is 2.18. The quantitative estimate of drug-likeness (QED) is 0.233. The lowest BCUT2D eigenvalue weighted by Gasteiger charge is -2.39. The molecule has 1 aromatic heterocycles. The van der Waals surface area contributed by atoms with Crippen molar-refractivity contribution in [2.45, 2.75) is 37.0 Å². The average Bonchev–Trinajstić information content (AvgIpc) is 3.13. The Balaban J connectivity index is 0.000000237. The zero-order chi connectivity index (χ0) is 35.0. The fourth-order valence-electron chi connectivity index (χ4n) is 5.14. The number of nitrogens with one attached hydrogen (secondary N) is 1. The number of aromatic nitrogens is 2. The summed E-state index contributed by atoms with van der Waals surface area (Å²) in [6.07, 6.45) is 4.34. The molecule has 2 fully saturated rings. The van der Waals surface area contributed by atoms with Crippen LogP contribution in [0.25, 0.3) is 0 Å². The molecule has 262 valence electrons. The Kier molecular flexibility index (Phi) is 14.6. The lowest BCUT2D eigenvalue weighted by molar-refractivity contribution is -0.143. The average molecular weight is 695 g/mol. The van der Waals surface area contributed by atoms with E-state index in [0.29, 0.717) is 37.9 Å². The minimum Gasteiger partial charge on any atom is -0.445 e. The molecule has 5 rings (SSSR count). The number of carbonyl (C=O) groups excluding carboxylic acids is 4. The summed E-state index contributed by atoms with van der Waals surface area (Å²) in [5.74, 6) is -0.390. The smallest absolute Gasteiger partial charge is 0.410 e. The van der Waals surface area contributed by atoms with E-state index in [1.807, 2.05) is 66.9 Å². The number of methoxy groups -OCH3 is 2. The van der Waals surface area contributed by atoms with Crippen LogP contribution in [0.4, 0.5) is 9.59 Å². The number of nitrogens with zero attached hydrogens (tertiary/aromatic N) is 5. The minimum absolute atomic E-state index is 0.109. The van der Waals surface area contributed by atoms with Crippen molar-refractivity contribution >= 4 is 35.8 Å². The van der Waals surface area contributed by atoms with E-state index < -0.39 is 24.3 Å². The summed E-state index contributed by atoms with van der Waals surface area (Å²) >= 11 is 1.46. The van der Waals surface area contributed by atoms with Gasteiger partial charge >= 0.3 is 12.2 Å². The van der Waals surface area contributed by atoms with E-state index in [0.717, 1.165) is 16.7 Å². The SMILES string of the molecule is COC[C@H]1C(=O)N(Cc2cnc(SC)nc2)CCN1C(=O)OCc1ccccc1.COC[C@H]1C(=O)NCCN1C(=O)OCc1ccccc1. The van der Waals surface area contributed by atoms with Gasteiger partial charge in [-0.3, -0.25) is 19.4 Å². The molecular formula is C34H42N6O8S. The fourth-order valence-corrected chi connectivity index (χ4v) is 5.46. The van der Waals surface area contributed by atoms with Crippen LogP contribution in [0, 0.1) is 0 Å². The summed E-state index contributed by atoms with van der Waals surface area (Å²) in [5.41, 5.74) is 2.64.